The Balaban J connectivity index is 2.21. The largest absolute Gasteiger partial charge is 0.317 e. The molecule has 0 unspecified atom stereocenters. The number of rotatable bonds is 7. The third kappa shape index (κ3) is 5.37. The summed E-state index contributed by atoms with van der Waals surface area (Å²) in [5.41, 5.74) is -0.147. The van der Waals surface area contributed by atoms with E-state index in [0.717, 1.165) is 19.0 Å². The van der Waals surface area contributed by atoms with Crippen molar-refractivity contribution in [3.05, 3.63) is 0 Å². The Morgan fingerprint density at radius 2 is 1.94 bits per heavy atom. The van der Waals surface area contributed by atoms with Crippen molar-refractivity contribution < 1.29 is 0 Å². The van der Waals surface area contributed by atoms with Crippen LogP contribution in [0, 0.1) is 16.7 Å². The topological polar surface area (TPSA) is 39.1 Å². The first kappa shape index (κ1) is 15.5. The number of unbranched alkanes of at least 4 members (excludes halogenated alkanes) is 1. The van der Waals surface area contributed by atoms with E-state index < -0.39 is 0 Å². The van der Waals surface area contributed by atoms with E-state index in [2.05, 4.69) is 23.2 Å². The lowest BCUT2D eigenvalue weighted by molar-refractivity contribution is 0.165. The van der Waals surface area contributed by atoms with E-state index in [1.54, 1.807) is 0 Å². The molecule has 0 atom stereocenters. The lowest BCUT2D eigenvalue weighted by atomic mass is 9.89. The van der Waals surface area contributed by atoms with Crippen molar-refractivity contribution in [3.8, 4) is 6.07 Å². The molecule has 0 spiro atoms. The van der Waals surface area contributed by atoms with E-state index in [0.29, 0.717) is 0 Å². The van der Waals surface area contributed by atoms with Crippen molar-refractivity contribution >= 4 is 0 Å². The monoisotopic (exact) mass is 251 g/mol. The normalized spacial score (nSPS) is 17.9. The number of nitrogens with zero attached hydrogens (tertiary/aromatic N) is 2. The number of nitrogens with one attached hydrogen (secondary N) is 1. The fourth-order valence-corrected chi connectivity index (χ4v) is 2.71. The summed E-state index contributed by atoms with van der Waals surface area (Å²) in [6, 6.07) is 3.16. The molecule has 18 heavy (non-hydrogen) atoms. The van der Waals surface area contributed by atoms with Gasteiger partial charge in [-0.05, 0) is 65.7 Å². The van der Waals surface area contributed by atoms with Gasteiger partial charge in [-0.15, -0.1) is 0 Å². The maximum atomic E-state index is 8.99. The first-order valence-electron chi connectivity index (χ1n) is 7.45. The van der Waals surface area contributed by atoms with Crippen LogP contribution in [0.2, 0.25) is 0 Å². The fraction of sp³-hybridized carbons (Fsp3) is 0.933. The van der Waals surface area contributed by atoms with Crippen molar-refractivity contribution in [2.24, 2.45) is 5.41 Å². The maximum absolute atomic E-state index is 8.99. The summed E-state index contributed by atoms with van der Waals surface area (Å²) in [6.45, 7) is 11.0. The van der Waals surface area contributed by atoms with Crippen LogP contribution in [-0.4, -0.2) is 37.1 Å². The highest BCUT2D eigenvalue weighted by atomic mass is 15.2. The molecule has 1 N–H and O–H groups in total. The molecule has 0 aromatic rings. The van der Waals surface area contributed by atoms with Crippen LogP contribution in [0.25, 0.3) is 0 Å². The average molecular weight is 251 g/mol. The minimum atomic E-state index is -0.147. The number of hydrogen-bond acceptors (Lipinski definition) is 3. The third-order valence-corrected chi connectivity index (χ3v) is 4.03. The molecule has 0 radical (unpaired) electrons. The first-order chi connectivity index (χ1) is 8.59. The summed E-state index contributed by atoms with van der Waals surface area (Å²) >= 11 is 0. The predicted molar refractivity (Wildman–Crippen MR) is 76.4 cm³/mol. The van der Waals surface area contributed by atoms with Gasteiger partial charge in [0, 0.05) is 6.04 Å². The minimum Gasteiger partial charge on any atom is -0.317 e. The second-order valence-electron chi connectivity index (χ2n) is 6.06. The Labute approximate surface area is 113 Å². The standard InChI is InChI=1S/C15H29N3/c1-4-18(14-7-10-17-11-8-14)12-6-5-9-15(2,3)13-16/h14,17H,4-12H2,1-3H3. The lowest BCUT2D eigenvalue weighted by Crippen LogP contribution is -2.43. The highest BCUT2D eigenvalue weighted by Gasteiger charge is 2.20. The summed E-state index contributed by atoms with van der Waals surface area (Å²) in [5, 5.41) is 12.4. The fourth-order valence-electron chi connectivity index (χ4n) is 2.71. The van der Waals surface area contributed by atoms with Crippen molar-refractivity contribution in [3.63, 3.8) is 0 Å². The molecule has 1 aliphatic rings. The molecule has 1 heterocycles. The molecule has 0 aromatic heterocycles. The van der Waals surface area contributed by atoms with Gasteiger partial charge in [-0.2, -0.15) is 5.26 Å². The molecule has 1 aliphatic heterocycles. The number of nitriles is 1. The molecule has 3 nitrogen and oxygen atoms in total. The van der Waals surface area contributed by atoms with E-state index >= 15 is 0 Å². The molecule has 3 heteroatoms. The van der Waals surface area contributed by atoms with Gasteiger partial charge in [0.25, 0.3) is 0 Å². The van der Waals surface area contributed by atoms with Gasteiger partial charge < -0.3 is 10.2 Å². The van der Waals surface area contributed by atoms with Crippen LogP contribution in [0.4, 0.5) is 0 Å². The smallest absolute Gasteiger partial charge is 0.0683 e. The van der Waals surface area contributed by atoms with Gasteiger partial charge in [0.15, 0.2) is 0 Å². The van der Waals surface area contributed by atoms with Gasteiger partial charge in [-0.3, -0.25) is 0 Å². The molecule has 0 aliphatic carbocycles. The van der Waals surface area contributed by atoms with Crippen molar-refractivity contribution in [1.29, 1.82) is 5.26 Å². The second-order valence-corrected chi connectivity index (χ2v) is 6.06. The average Bonchev–Trinajstić information content (AvgIpc) is 2.40. The SMILES string of the molecule is CCN(CCCCC(C)(C)C#N)C1CCNCC1. The second kappa shape index (κ2) is 7.76. The molecule has 0 saturated carbocycles. The Hall–Kier alpha value is -0.590. The predicted octanol–water partition coefficient (Wildman–Crippen LogP) is 2.78. The Bertz CT molecular complexity index is 261. The first-order valence-corrected chi connectivity index (χ1v) is 7.45. The summed E-state index contributed by atoms with van der Waals surface area (Å²) in [7, 11) is 0. The lowest BCUT2D eigenvalue weighted by Gasteiger charge is -2.34. The van der Waals surface area contributed by atoms with E-state index in [9.17, 15) is 0 Å². The molecule has 1 fully saturated rings. The number of hydrogen-bond donors (Lipinski definition) is 1. The highest BCUT2D eigenvalue weighted by Crippen LogP contribution is 2.22. The van der Waals surface area contributed by atoms with Crippen molar-refractivity contribution in [2.45, 2.75) is 58.9 Å². The molecule has 1 saturated heterocycles. The van der Waals surface area contributed by atoms with Gasteiger partial charge in [-0.1, -0.05) is 13.3 Å². The Morgan fingerprint density at radius 3 is 2.50 bits per heavy atom. The van der Waals surface area contributed by atoms with Crippen LogP contribution in [0.1, 0.15) is 52.9 Å². The molecule has 0 amide bonds. The summed E-state index contributed by atoms with van der Waals surface area (Å²) in [6.07, 6.45) is 5.99. The third-order valence-electron chi connectivity index (χ3n) is 4.03. The molecule has 1 rings (SSSR count). The maximum Gasteiger partial charge on any atom is 0.0683 e. The van der Waals surface area contributed by atoms with E-state index in [-0.39, 0.29) is 5.41 Å². The van der Waals surface area contributed by atoms with E-state index in [1.165, 1.54) is 45.3 Å². The van der Waals surface area contributed by atoms with Crippen LogP contribution in [0.5, 0.6) is 0 Å². The van der Waals surface area contributed by atoms with Gasteiger partial charge in [-0.25, -0.2) is 0 Å². The summed E-state index contributed by atoms with van der Waals surface area (Å²) in [5.74, 6) is 0. The van der Waals surface area contributed by atoms with Crippen LogP contribution in [0.15, 0.2) is 0 Å². The summed E-state index contributed by atoms with van der Waals surface area (Å²) < 4.78 is 0. The van der Waals surface area contributed by atoms with Crippen LogP contribution < -0.4 is 5.32 Å². The minimum absolute atomic E-state index is 0.147. The van der Waals surface area contributed by atoms with Crippen LogP contribution >= 0.6 is 0 Å². The zero-order valence-electron chi connectivity index (χ0n) is 12.3. The summed E-state index contributed by atoms with van der Waals surface area (Å²) in [4.78, 5) is 2.63. The van der Waals surface area contributed by atoms with Crippen molar-refractivity contribution in [2.75, 3.05) is 26.2 Å². The Kier molecular flexibility index (Phi) is 6.67. The van der Waals surface area contributed by atoms with Gasteiger partial charge >= 0.3 is 0 Å². The van der Waals surface area contributed by atoms with Gasteiger partial charge in [0.2, 0.25) is 0 Å². The molecule has 0 aromatic carbocycles. The quantitative estimate of drug-likeness (QED) is 0.707. The molecule has 0 bridgehead atoms. The molecule has 104 valence electrons. The Morgan fingerprint density at radius 1 is 1.28 bits per heavy atom. The van der Waals surface area contributed by atoms with E-state index in [4.69, 9.17) is 5.26 Å². The molecular formula is C15H29N3. The zero-order chi connectivity index (χ0) is 13.4. The number of piperidine rings is 1. The van der Waals surface area contributed by atoms with Crippen molar-refractivity contribution in [1.82, 2.24) is 10.2 Å². The van der Waals surface area contributed by atoms with Gasteiger partial charge in [0.05, 0.1) is 11.5 Å². The van der Waals surface area contributed by atoms with E-state index in [1.807, 2.05) is 13.8 Å². The zero-order valence-corrected chi connectivity index (χ0v) is 12.3. The van der Waals surface area contributed by atoms with Gasteiger partial charge in [0.1, 0.15) is 0 Å². The van der Waals surface area contributed by atoms with Crippen LogP contribution in [-0.2, 0) is 0 Å². The highest BCUT2D eigenvalue weighted by molar-refractivity contribution is 4.91. The molecular weight excluding hydrogens is 222 g/mol. The van der Waals surface area contributed by atoms with Crippen LogP contribution in [0.3, 0.4) is 0 Å².